The molecule has 7 nitrogen and oxygen atoms in total. The minimum atomic E-state index is -0.330. The molecule has 3 rings (SSSR count). The normalized spacial score (nSPS) is 17.8. The maximum absolute atomic E-state index is 11.4. The third-order valence-corrected chi connectivity index (χ3v) is 4.03. The number of hydrogen-bond acceptors (Lipinski definition) is 6. The molecule has 0 radical (unpaired) electrons. The fourth-order valence-electron chi connectivity index (χ4n) is 1.93. The van der Waals surface area contributed by atoms with Gasteiger partial charge in [0, 0.05) is 30.4 Å². The van der Waals surface area contributed by atoms with E-state index in [2.05, 4.69) is 20.4 Å². The van der Waals surface area contributed by atoms with Crippen molar-refractivity contribution in [3.63, 3.8) is 0 Å². The molecule has 1 aliphatic heterocycles. The van der Waals surface area contributed by atoms with E-state index in [4.69, 9.17) is 0 Å². The first kappa shape index (κ1) is 13.6. The van der Waals surface area contributed by atoms with Crippen LogP contribution in [0.4, 0.5) is 4.79 Å². The Morgan fingerprint density at radius 3 is 2.71 bits per heavy atom. The molecule has 1 saturated heterocycles. The van der Waals surface area contributed by atoms with Gasteiger partial charge in [0.15, 0.2) is 18.6 Å². The van der Waals surface area contributed by atoms with Gasteiger partial charge in [0.2, 0.25) is 5.91 Å². The summed E-state index contributed by atoms with van der Waals surface area (Å²) < 4.78 is 1.73. The summed E-state index contributed by atoms with van der Waals surface area (Å²) in [5.41, 5.74) is 0.829. The van der Waals surface area contributed by atoms with Crippen LogP contribution in [0, 0.1) is 0 Å². The molecule has 8 heteroatoms. The molecule has 1 aliphatic rings. The molecular formula is C13H12N5O2S+. The van der Waals surface area contributed by atoms with E-state index in [0.717, 1.165) is 17.3 Å². The second kappa shape index (κ2) is 5.96. The zero-order valence-electron chi connectivity index (χ0n) is 11.0. The summed E-state index contributed by atoms with van der Waals surface area (Å²) >= 11 is 1.03. The minimum absolute atomic E-state index is 0.222. The van der Waals surface area contributed by atoms with E-state index in [9.17, 15) is 9.59 Å². The molecule has 0 bridgehead atoms. The zero-order valence-corrected chi connectivity index (χ0v) is 11.8. The van der Waals surface area contributed by atoms with Crippen LogP contribution in [0.5, 0.6) is 0 Å². The summed E-state index contributed by atoms with van der Waals surface area (Å²) in [7, 11) is 0. The summed E-state index contributed by atoms with van der Waals surface area (Å²) in [5.74, 6) is 0.397. The topological polar surface area (TPSA) is 88.7 Å². The van der Waals surface area contributed by atoms with Gasteiger partial charge in [-0.25, -0.2) is 9.97 Å². The van der Waals surface area contributed by atoms with Crippen LogP contribution in [0.25, 0.3) is 11.4 Å². The SMILES string of the molecule is O=C1NC(=O)C(CC[n+]2ccc(-c3ncccn3)cn2)S1. The summed E-state index contributed by atoms with van der Waals surface area (Å²) in [4.78, 5) is 30.8. The Morgan fingerprint density at radius 2 is 2.10 bits per heavy atom. The average Bonchev–Trinajstić information content (AvgIpc) is 2.84. The number of nitrogens with zero attached hydrogens (tertiary/aromatic N) is 4. The van der Waals surface area contributed by atoms with Crippen molar-refractivity contribution >= 4 is 22.9 Å². The van der Waals surface area contributed by atoms with Crippen molar-refractivity contribution in [1.82, 2.24) is 20.4 Å². The summed E-state index contributed by atoms with van der Waals surface area (Å²) in [6.07, 6.45) is 7.40. The van der Waals surface area contributed by atoms with Crippen molar-refractivity contribution in [3.05, 3.63) is 36.9 Å². The van der Waals surface area contributed by atoms with Gasteiger partial charge in [0.05, 0.1) is 5.25 Å². The molecule has 1 N–H and O–H groups in total. The Hall–Kier alpha value is -2.35. The lowest BCUT2D eigenvalue weighted by Crippen LogP contribution is -2.39. The highest BCUT2D eigenvalue weighted by molar-refractivity contribution is 8.15. The molecular weight excluding hydrogens is 290 g/mol. The molecule has 1 atom stereocenters. The lowest BCUT2D eigenvalue weighted by atomic mass is 10.2. The van der Waals surface area contributed by atoms with Gasteiger partial charge in [-0.15, -0.1) is 0 Å². The van der Waals surface area contributed by atoms with Gasteiger partial charge in [-0.3, -0.25) is 14.9 Å². The van der Waals surface area contributed by atoms with Gasteiger partial charge in [-0.2, -0.15) is 0 Å². The monoisotopic (exact) mass is 302 g/mol. The molecule has 106 valence electrons. The van der Waals surface area contributed by atoms with Crippen LogP contribution in [-0.2, 0) is 11.3 Å². The Labute approximate surface area is 124 Å². The minimum Gasteiger partial charge on any atom is -0.286 e. The van der Waals surface area contributed by atoms with Crippen LogP contribution < -0.4 is 10.00 Å². The first-order valence-electron chi connectivity index (χ1n) is 6.37. The number of carbonyl (C=O) groups excluding carboxylic acids is 2. The standard InChI is InChI=1S/C13H11N5O2S/c19-12-10(21-13(20)17-12)3-7-18-6-2-9(8-16-18)11-14-4-1-5-15-11/h1-2,4-6,8,10H,3,7H2/p+1. The van der Waals surface area contributed by atoms with Crippen molar-refractivity contribution < 1.29 is 14.3 Å². The third-order valence-electron chi connectivity index (χ3n) is 2.98. The number of hydrogen-bond donors (Lipinski definition) is 1. The molecule has 0 saturated carbocycles. The molecule has 2 aromatic rings. The van der Waals surface area contributed by atoms with Gasteiger partial charge in [0.1, 0.15) is 6.20 Å². The fraction of sp³-hybridized carbons (Fsp3) is 0.231. The fourth-order valence-corrected chi connectivity index (χ4v) is 2.74. The third kappa shape index (κ3) is 3.22. The lowest BCUT2D eigenvalue weighted by Gasteiger charge is -2.01. The first-order chi connectivity index (χ1) is 10.2. The molecule has 0 aliphatic carbocycles. The van der Waals surface area contributed by atoms with Crippen LogP contribution in [0.2, 0.25) is 0 Å². The first-order valence-corrected chi connectivity index (χ1v) is 7.25. The lowest BCUT2D eigenvalue weighted by molar-refractivity contribution is -0.753. The van der Waals surface area contributed by atoms with Crippen molar-refractivity contribution in [2.24, 2.45) is 0 Å². The number of aryl methyl sites for hydroxylation is 1. The highest BCUT2D eigenvalue weighted by Crippen LogP contribution is 2.21. The number of thioether (sulfide) groups is 1. The second-order valence-electron chi connectivity index (χ2n) is 4.42. The van der Waals surface area contributed by atoms with Crippen LogP contribution in [0.3, 0.4) is 0 Å². The van der Waals surface area contributed by atoms with E-state index in [0.29, 0.717) is 18.8 Å². The maximum atomic E-state index is 11.4. The quantitative estimate of drug-likeness (QED) is 0.831. The number of carbonyl (C=O) groups is 2. The molecule has 21 heavy (non-hydrogen) atoms. The van der Waals surface area contributed by atoms with Crippen LogP contribution >= 0.6 is 11.8 Å². The van der Waals surface area contributed by atoms with Gasteiger partial charge in [0.25, 0.3) is 5.24 Å². The number of imide groups is 1. The van der Waals surface area contributed by atoms with Crippen LogP contribution in [0.1, 0.15) is 6.42 Å². The Balaban J connectivity index is 1.63. The zero-order chi connectivity index (χ0) is 14.7. The van der Waals surface area contributed by atoms with E-state index in [1.165, 1.54) is 0 Å². The Bertz CT molecular complexity index is 662. The molecule has 0 spiro atoms. The van der Waals surface area contributed by atoms with Crippen LogP contribution in [-0.4, -0.2) is 31.5 Å². The summed E-state index contributed by atoms with van der Waals surface area (Å²) in [6.45, 7) is 0.564. The second-order valence-corrected chi connectivity index (χ2v) is 5.60. The number of aromatic nitrogens is 4. The van der Waals surface area contributed by atoms with E-state index in [1.807, 2.05) is 12.3 Å². The largest absolute Gasteiger partial charge is 0.286 e. The van der Waals surface area contributed by atoms with E-state index in [-0.39, 0.29) is 16.4 Å². The predicted octanol–water partition coefficient (Wildman–Crippen LogP) is 0.568. The van der Waals surface area contributed by atoms with Crippen molar-refractivity contribution in [2.75, 3.05) is 0 Å². The maximum Gasteiger partial charge on any atom is 0.286 e. The average molecular weight is 302 g/mol. The van der Waals surface area contributed by atoms with Gasteiger partial charge in [-0.05, 0) is 11.2 Å². The molecule has 1 fully saturated rings. The van der Waals surface area contributed by atoms with Crippen molar-refractivity contribution in [2.45, 2.75) is 18.2 Å². The number of nitrogens with one attached hydrogen (secondary N) is 1. The van der Waals surface area contributed by atoms with Gasteiger partial charge < -0.3 is 0 Å². The Kier molecular flexibility index (Phi) is 3.87. The van der Waals surface area contributed by atoms with Gasteiger partial charge >= 0.3 is 0 Å². The van der Waals surface area contributed by atoms with Crippen LogP contribution in [0.15, 0.2) is 36.9 Å². The smallest absolute Gasteiger partial charge is 0.286 e. The molecule has 0 aromatic carbocycles. The molecule has 2 amide bonds. The van der Waals surface area contributed by atoms with Crippen molar-refractivity contribution in [1.29, 1.82) is 0 Å². The van der Waals surface area contributed by atoms with E-state index in [1.54, 1.807) is 29.3 Å². The number of rotatable bonds is 4. The summed E-state index contributed by atoms with van der Waals surface area (Å²) in [5, 5.41) is 5.94. The summed E-state index contributed by atoms with van der Waals surface area (Å²) in [6, 6.07) is 3.63. The van der Waals surface area contributed by atoms with E-state index < -0.39 is 0 Å². The Morgan fingerprint density at radius 1 is 1.29 bits per heavy atom. The highest BCUT2D eigenvalue weighted by atomic mass is 32.2. The van der Waals surface area contributed by atoms with Crippen molar-refractivity contribution in [3.8, 4) is 11.4 Å². The van der Waals surface area contributed by atoms with E-state index >= 15 is 0 Å². The molecule has 1 unspecified atom stereocenters. The molecule has 2 aromatic heterocycles. The van der Waals surface area contributed by atoms with Gasteiger partial charge in [-0.1, -0.05) is 16.4 Å². The number of amides is 2. The molecule has 3 heterocycles. The highest BCUT2D eigenvalue weighted by Gasteiger charge is 2.32. The predicted molar refractivity (Wildman–Crippen MR) is 75.0 cm³/mol.